The number of ether oxygens (including phenoxy) is 1. The predicted octanol–water partition coefficient (Wildman–Crippen LogP) is 4.40. The Morgan fingerprint density at radius 3 is 2.38 bits per heavy atom. The van der Waals surface area contributed by atoms with Crippen molar-refractivity contribution >= 4 is 0 Å². The lowest BCUT2D eigenvalue weighted by molar-refractivity contribution is -0.137. The van der Waals surface area contributed by atoms with Crippen LogP contribution in [0.15, 0.2) is 36.4 Å². The average Bonchev–Trinajstić information content (AvgIpc) is 2.42. The van der Waals surface area contributed by atoms with Crippen LogP contribution >= 0.6 is 0 Å². The molecule has 0 spiro atoms. The van der Waals surface area contributed by atoms with E-state index >= 15 is 0 Å². The van der Waals surface area contributed by atoms with Crippen molar-refractivity contribution in [2.75, 3.05) is 0 Å². The smallest absolute Gasteiger partial charge is 0.416 e. The summed E-state index contributed by atoms with van der Waals surface area (Å²) in [5, 5.41) is 0. The first kappa shape index (κ1) is 15.3. The highest BCUT2D eigenvalue weighted by Gasteiger charge is 2.31. The molecule has 2 aromatic carbocycles. The summed E-state index contributed by atoms with van der Waals surface area (Å²) in [6, 6.07) is 7.01. The van der Waals surface area contributed by atoms with Gasteiger partial charge in [0.2, 0.25) is 0 Å². The molecule has 0 bridgehead atoms. The molecular formula is C15H13F4NO. The maximum Gasteiger partial charge on any atom is 0.416 e. The number of hydrogen-bond acceptors (Lipinski definition) is 2. The monoisotopic (exact) mass is 299 g/mol. The van der Waals surface area contributed by atoms with Gasteiger partial charge in [-0.2, -0.15) is 13.2 Å². The molecule has 0 fully saturated rings. The number of hydrogen-bond donors (Lipinski definition) is 1. The standard InChI is InChI=1S/C15H13F4NO/c1-9-2-4-12(16)7-14(9)21-13-5-3-11(15(17,18)19)6-10(13)8-20/h2-7H,8,20H2,1H3. The van der Waals surface area contributed by atoms with Crippen LogP contribution < -0.4 is 10.5 Å². The van der Waals surface area contributed by atoms with Gasteiger partial charge < -0.3 is 10.5 Å². The van der Waals surface area contributed by atoms with Crippen LogP contribution in [0.4, 0.5) is 17.6 Å². The van der Waals surface area contributed by atoms with Gasteiger partial charge in [0.25, 0.3) is 0 Å². The fourth-order valence-electron chi connectivity index (χ4n) is 1.82. The zero-order valence-corrected chi connectivity index (χ0v) is 11.2. The Hall–Kier alpha value is -2.08. The third-order valence-corrected chi connectivity index (χ3v) is 2.98. The maximum absolute atomic E-state index is 13.2. The Balaban J connectivity index is 2.38. The molecule has 2 rings (SSSR count). The SMILES string of the molecule is Cc1ccc(F)cc1Oc1ccc(C(F)(F)F)cc1CN. The first-order valence-corrected chi connectivity index (χ1v) is 6.15. The maximum atomic E-state index is 13.2. The van der Waals surface area contributed by atoms with Crippen LogP contribution in [0.3, 0.4) is 0 Å². The zero-order valence-electron chi connectivity index (χ0n) is 11.2. The summed E-state index contributed by atoms with van der Waals surface area (Å²) in [6.07, 6.45) is -4.45. The van der Waals surface area contributed by atoms with Gasteiger partial charge >= 0.3 is 6.18 Å². The van der Waals surface area contributed by atoms with Crippen LogP contribution in [0.5, 0.6) is 11.5 Å². The lowest BCUT2D eigenvalue weighted by Crippen LogP contribution is -2.08. The highest BCUT2D eigenvalue weighted by molar-refractivity contribution is 5.43. The summed E-state index contributed by atoms with van der Waals surface area (Å²) in [4.78, 5) is 0. The molecule has 0 aromatic heterocycles. The van der Waals surface area contributed by atoms with Crippen molar-refractivity contribution in [3.05, 3.63) is 58.9 Å². The molecule has 0 aliphatic rings. The first-order valence-electron chi connectivity index (χ1n) is 6.15. The Bertz CT molecular complexity index is 653. The fraction of sp³-hybridized carbons (Fsp3) is 0.200. The van der Waals surface area contributed by atoms with Crippen LogP contribution in [-0.4, -0.2) is 0 Å². The van der Waals surface area contributed by atoms with Gasteiger partial charge in [-0.1, -0.05) is 6.07 Å². The first-order chi connectivity index (χ1) is 9.81. The topological polar surface area (TPSA) is 35.2 Å². The van der Waals surface area contributed by atoms with Crippen molar-refractivity contribution in [2.24, 2.45) is 5.73 Å². The minimum Gasteiger partial charge on any atom is -0.457 e. The number of nitrogens with two attached hydrogens (primary N) is 1. The van der Waals surface area contributed by atoms with Gasteiger partial charge in [-0.3, -0.25) is 0 Å². The largest absolute Gasteiger partial charge is 0.457 e. The third-order valence-electron chi connectivity index (χ3n) is 2.98. The number of rotatable bonds is 3. The molecule has 2 aromatic rings. The van der Waals surface area contributed by atoms with Crippen molar-refractivity contribution in [1.82, 2.24) is 0 Å². The molecule has 0 unspecified atom stereocenters. The quantitative estimate of drug-likeness (QED) is 0.852. The second-order valence-corrected chi connectivity index (χ2v) is 4.54. The van der Waals surface area contributed by atoms with Gasteiger partial charge in [-0.15, -0.1) is 0 Å². The molecule has 6 heteroatoms. The van der Waals surface area contributed by atoms with E-state index in [1.807, 2.05) is 0 Å². The van der Waals surface area contributed by atoms with E-state index in [1.54, 1.807) is 6.92 Å². The molecular weight excluding hydrogens is 286 g/mol. The molecule has 0 heterocycles. The third kappa shape index (κ3) is 3.52. The Kier molecular flexibility index (Phi) is 4.18. The minimum atomic E-state index is -4.45. The molecule has 0 aliphatic heterocycles. The van der Waals surface area contributed by atoms with Crippen molar-refractivity contribution in [2.45, 2.75) is 19.6 Å². The van der Waals surface area contributed by atoms with Crippen LogP contribution in [0.1, 0.15) is 16.7 Å². The number of benzene rings is 2. The zero-order chi connectivity index (χ0) is 15.6. The molecule has 0 atom stereocenters. The van der Waals surface area contributed by atoms with E-state index in [2.05, 4.69) is 0 Å². The molecule has 2 nitrogen and oxygen atoms in total. The lowest BCUT2D eigenvalue weighted by Gasteiger charge is -2.14. The predicted molar refractivity (Wildman–Crippen MR) is 70.5 cm³/mol. The van der Waals surface area contributed by atoms with Gasteiger partial charge in [0, 0.05) is 18.2 Å². The second-order valence-electron chi connectivity index (χ2n) is 4.54. The summed E-state index contributed by atoms with van der Waals surface area (Å²) >= 11 is 0. The summed E-state index contributed by atoms with van der Waals surface area (Å²) in [6.45, 7) is 1.59. The summed E-state index contributed by atoms with van der Waals surface area (Å²) in [5.41, 5.74) is 5.53. The van der Waals surface area contributed by atoms with Crippen LogP contribution in [0.2, 0.25) is 0 Å². The van der Waals surface area contributed by atoms with Gasteiger partial charge in [-0.25, -0.2) is 4.39 Å². The van der Waals surface area contributed by atoms with Crippen molar-refractivity contribution in [1.29, 1.82) is 0 Å². The van der Waals surface area contributed by atoms with Crippen molar-refractivity contribution in [3.8, 4) is 11.5 Å². The van der Waals surface area contributed by atoms with Gasteiger partial charge in [0.15, 0.2) is 0 Å². The number of halogens is 4. The van der Waals surface area contributed by atoms with E-state index in [4.69, 9.17) is 10.5 Å². The van der Waals surface area contributed by atoms with E-state index in [0.29, 0.717) is 5.56 Å². The molecule has 21 heavy (non-hydrogen) atoms. The Labute approximate surface area is 119 Å². The molecule has 2 N–H and O–H groups in total. The van der Waals surface area contributed by atoms with E-state index in [1.165, 1.54) is 24.3 Å². The number of alkyl halides is 3. The van der Waals surface area contributed by atoms with Gasteiger partial charge in [0.1, 0.15) is 17.3 Å². The van der Waals surface area contributed by atoms with Crippen LogP contribution in [0, 0.1) is 12.7 Å². The molecule has 0 radical (unpaired) electrons. The molecule has 0 saturated carbocycles. The Morgan fingerprint density at radius 1 is 1.05 bits per heavy atom. The summed E-state index contributed by atoms with van der Waals surface area (Å²) in [5.74, 6) is -0.0690. The van der Waals surface area contributed by atoms with Crippen LogP contribution in [-0.2, 0) is 12.7 Å². The van der Waals surface area contributed by atoms with Crippen molar-refractivity contribution in [3.63, 3.8) is 0 Å². The highest BCUT2D eigenvalue weighted by Crippen LogP contribution is 2.34. The summed E-state index contributed by atoms with van der Waals surface area (Å²) < 4.78 is 56.6. The Morgan fingerprint density at radius 2 is 1.76 bits per heavy atom. The van der Waals surface area contributed by atoms with E-state index < -0.39 is 17.6 Å². The van der Waals surface area contributed by atoms with Crippen molar-refractivity contribution < 1.29 is 22.3 Å². The fourth-order valence-corrected chi connectivity index (χ4v) is 1.82. The summed E-state index contributed by atoms with van der Waals surface area (Å²) in [7, 11) is 0. The lowest BCUT2D eigenvalue weighted by atomic mass is 10.1. The second kappa shape index (κ2) is 5.73. The van der Waals surface area contributed by atoms with Crippen LogP contribution in [0.25, 0.3) is 0 Å². The molecule has 112 valence electrons. The average molecular weight is 299 g/mol. The molecule has 0 aliphatic carbocycles. The van der Waals surface area contributed by atoms with E-state index in [-0.39, 0.29) is 23.6 Å². The van der Waals surface area contributed by atoms with Gasteiger partial charge in [0.05, 0.1) is 5.56 Å². The molecule has 0 amide bonds. The molecule has 0 saturated heterocycles. The highest BCUT2D eigenvalue weighted by atomic mass is 19.4. The number of aryl methyl sites for hydroxylation is 1. The van der Waals surface area contributed by atoms with E-state index in [9.17, 15) is 17.6 Å². The minimum absolute atomic E-state index is 0.117. The normalized spacial score (nSPS) is 11.5. The van der Waals surface area contributed by atoms with E-state index in [0.717, 1.165) is 12.1 Å². The van der Waals surface area contributed by atoms with Gasteiger partial charge in [-0.05, 0) is 36.8 Å².